The molecule has 5 heteroatoms. The van der Waals surface area contributed by atoms with E-state index in [2.05, 4.69) is 15.0 Å². The molecule has 0 atom stereocenters. The summed E-state index contributed by atoms with van der Waals surface area (Å²) in [6.45, 7) is 1.87. The lowest BCUT2D eigenvalue weighted by Crippen LogP contribution is -2.48. The number of rotatable bonds is 4. The first-order valence-electron chi connectivity index (χ1n) is 6.05. The van der Waals surface area contributed by atoms with Gasteiger partial charge in [0.15, 0.2) is 0 Å². The number of aliphatic hydroxyl groups excluding tert-OH is 1. The number of aliphatic hydroxyl groups is 1. The summed E-state index contributed by atoms with van der Waals surface area (Å²) in [6.07, 6.45) is 3.01. The van der Waals surface area contributed by atoms with Crippen LogP contribution in [0.1, 0.15) is 35.3 Å². The zero-order valence-electron chi connectivity index (χ0n) is 10.7. The van der Waals surface area contributed by atoms with E-state index < -0.39 is 0 Å². The number of carbonyl (C=O) groups is 1. The Hall–Kier alpha value is -1.62. The standard InChI is InChI=1S/C13H18N2O3/c1-9-10(12(17)18-2)4-5-11(14-9)15-13(8-16)6-3-7-13/h4-5,16H,3,6-8H2,1-2H3,(H,14,15). The van der Waals surface area contributed by atoms with Crippen LogP contribution in [0.2, 0.25) is 0 Å². The summed E-state index contributed by atoms with van der Waals surface area (Å²) in [5.74, 6) is 0.306. The maximum Gasteiger partial charge on any atom is 0.339 e. The number of hydrogen-bond donors (Lipinski definition) is 2. The molecule has 1 fully saturated rings. The zero-order chi connectivity index (χ0) is 13.2. The number of pyridine rings is 1. The monoisotopic (exact) mass is 250 g/mol. The Balaban J connectivity index is 2.16. The summed E-state index contributed by atoms with van der Waals surface area (Å²) < 4.78 is 4.67. The molecule has 0 unspecified atom stereocenters. The van der Waals surface area contributed by atoms with E-state index in [-0.39, 0.29) is 18.1 Å². The summed E-state index contributed by atoms with van der Waals surface area (Å²) in [6, 6.07) is 3.44. The molecule has 0 radical (unpaired) electrons. The number of methoxy groups -OCH3 is 1. The highest BCUT2D eigenvalue weighted by molar-refractivity contribution is 5.90. The van der Waals surface area contributed by atoms with Crippen molar-refractivity contribution in [3.8, 4) is 0 Å². The third-order valence-electron chi connectivity index (χ3n) is 3.50. The largest absolute Gasteiger partial charge is 0.465 e. The maximum atomic E-state index is 11.4. The van der Waals surface area contributed by atoms with Crippen molar-refractivity contribution >= 4 is 11.8 Å². The van der Waals surface area contributed by atoms with E-state index in [1.165, 1.54) is 7.11 Å². The Labute approximate surface area is 106 Å². The van der Waals surface area contributed by atoms with Gasteiger partial charge in [-0.3, -0.25) is 0 Å². The number of carbonyl (C=O) groups excluding carboxylic acids is 1. The molecule has 0 spiro atoms. The molecule has 1 aliphatic rings. The number of ether oxygens (including phenoxy) is 1. The second-order valence-electron chi connectivity index (χ2n) is 4.74. The minimum atomic E-state index is -0.382. The van der Waals surface area contributed by atoms with Gasteiger partial charge in [0.25, 0.3) is 0 Å². The first kappa shape index (κ1) is 12.8. The van der Waals surface area contributed by atoms with Gasteiger partial charge in [0, 0.05) is 0 Å². The average molecular weight is 250 g/mol. The highest BCUT2D eigenvalue weighted by atomic mass is 16.5. The second-order valence-corrected chi connectivity index (χ2v) is 4.74. The highest BCUT2D eigenvalue weighted by Crippen LogP contribution is 2.34. The molecule has 0 saturated heterocycles. The Morgan fingerprint density at radius 1 is 1.56 bits per heavy atom. The first-order chi connectivity index (χ1) is 8.60. The molecule has 0 bridgehead atoms. The third kappa shape index (κ3) is 2.31. The van der Waals surface area contributed by atoms with Crippen LogP contribution in [0.25, 0.3) is 0 Å². The molecule has 5 nitrogen and oxygen atoms in total. The maximum absolute atomic E-state index is 11.4. The number of nitrogens with one attached hydrogen (secondary N) is 1. The van der Waals surface area contributed by atoms with Crippen LogP contribution in [-0.4, -0.2) is 35.3 Å². The number of nitrogens with zero attached hydrogens (tertiary/aromatic N) is 1. The number of hydrogen-bond acceptors (Lipinski definition) is 5. The number of esters is 1. The minimum absolute atomic E-state index is 0.104. The van der Waals surface area contributed by atoms with Crippen LogP contribution >= 0.6 is 0 Å². The van der Waals surface area contributed by atoms with E-state index in [1.807, 2.05) is 0 Å². The highest BCUT2D eigenvalue weighted by Gasteiger charge is 2.36. The number of aryl methyl sites for hydroxylation is 1. The Bertz CT molecular complexity index is 450. The molecule has 1 aromatic heterocycles. The lowest BCUT2D eigenvalue weighted by molar-refractivity contribution is 0.0599. The molecule has 1 aliphatic carbocycles. The van der Waals surface area contributed by atoms with Crippen molar-refractivity contribution in [1.29, 1.82) is 0 Å². The van der Waals surface area contributed by atoms with Crippen molar-refractivity contribution in [2.45, 2.75) is 31.7 Å². The SMILES string of the molecule is COC(=O)c1ccc(NC2(CO)CCC2)nc1C. The van der Waals surface area contributed by atoms with Gasteiger partial charge < -0.3 is 15.2 Å². The van der Waals surface area contributed by atoms with Gasteiger partial charge in [0.2, 0.25) is 0 Å². The van der Waals surface area contributed by atoms with Crippen molar-refractivity contribution in [2.24, 2.45) is 0 Å². The van der Waals surface area contributed by atoms with Crippen LogP contribution < -0.4 is 5.32 Å². The van der Waals surface area contributed by atoms with E-state index in [1.54, 1.807) is 19.1 Å². The molecule has 2 rings (SSSR count). The van der Waals surface area contributed by atoms with Crippen molar-refractivity contribution in [2.75, 3.05) is 19.0 Å². The molecule has 1 heterocycles. The van der Waals surface area contributed by atoms with Crippen LogP contribution in [0.3, 0.4) is 0 Å². The van der Waals surface area contributed by atoms with E-state index in [4.69, 9.17) is 0 Å². The van der Waals surface area contributed by atoms with Gasteiger partial charge in [-0.05, 0) is 38.3 Å². The first-order valence-corrected chi connectivity index (χ1v) is 6.05. The molecule has 18 heavy (non-hydrogen) atoms. The van der Waals surface area contributed by atoms with Crippen molar-refractivity contribution in [1.82, 2.24) is 4.98 Å². The molecule has 0 aliphatic heterocycles. The number of aromatic nitrogens is 1. The van der Waals surface area contributed by atoms with E-state index >= 15 is 0 Å². The topological polar surface area (TPSA) is 71.5 Å². The molecular weight excluding hydrogens is 232 g/mol. The van der Waals surface area contributed by atoms with Gasteiger partial charge in [0.1, 0.15) is 5.82 Å². The van der Waals surface area contributed by atoms with E-state index in [0.717, 1.165) is 19.3 Å². The number of anilines is 1. The predicted molar refractivity (Wildman–Crippen MR) is 67.6 cm³/mol. The summed E-state index contributed by atoms with van der Waals surface area (Å²) >= 11 is 0. The lowest BCUT2D eigenvalue weighted by atomic mass is 9.77. The summed E-state index contributed by atoms with van der Waals surface area (Å²) in [5, 5.41) is 12.6. The van der Waals surface area contributed by atoms with Gasteiger partial charge in [-0.2, -0.15) is 0 Å². The summed E-state index contributed by atoms with van der Waals surface area (Å²) in [4.78, 5) is 15.8. The van der Waals surface area contributed by atoms with Crippen LogP contribution in [0.15, 0.2) is 12.1 Å². The Morgan fingerprint density at radius 3 is 2.72 bits per heavy atom. The van der Waals surface area contributed by atoms with E-state index in [9.17, 15) is 9.90 Å². The molecule has 98 valence electrons. The average Bonchev–Trinajstić information content (AvgIpc) is 2.33. The molecular formula is C13H18N2O3. The van der Waals surface area contributed by atoms with Crippen LogP contribution in [-0.2, 0) is 4.74 Å². The van der Waals surface area contributed by atoms with Crippen molar-refractivity contribution < 1.29 is 14.6 Å². The quantitative estimate of drug-likeness (QED) is 0.792. The van der Waals surface area contributed by atoms with Gasteiger partial charge in [-0.25, -0.2) is 9.78 Å². The smallest absolute Gasteiger partial charge is 0.339 e. The van der Waals surface area contributed by atoms with Crippen LogP contribution in [0, 0.1) is 6.92 Å². The van der Waals surface area contributed by atoms with Gasteiger partial charge >= 0.3 is 5.97 Å². The summed E-state index contributed by atoms with van der Waals surface area (Å²) in [5.41, 5.74) is 0.862. The predicted octanol–water partition coefficient (Wildman–Crippen LogP) is 1.50. The summed E-state index contributed by atoms with van der Waals surface area (Å²) in [7, 11) is 1.35. The van der Waals surface area contributed by atoms with Crippen molar-refractivity contribution in [3.05, 3.63) is 23.4 Å². The van der Waals surface area contributed by atoms with Crippen LogP contribution in [0.4, 0.5) is 5.82 Å². The normalized spacial score (nSPS) is 16.8. The molecule has 0 aromatic carbocycles. The fraction of sp³-hybridized carbons (Fsp3) is 0.538. The minimum Gasteiger partial charge on any atom is -0.465 e. The lowest BCUT2D eigenvalue weighted by Gasteiger charge is -2.41. The van der Waals surface area contributed by atoms with Gasteiger partial charge in [-0.1, -0.05) is 0 Å². The van der Waals surface area contributed by atoms with Gasteiger partial charge in [0.05, 0.1) is 30.5 Å². The molecule has 2 N–H and O–H groups in total. The zero-order valence-corrected chi connectivity index (χ0v) is 10.7. The fourth-order valence-electron chi connectivity index (χ4n) is 2.15. The fourth-order valence-corrected chi connectivity index (χ4v) is 2.15. The molecule has 1 saturated carbocycles. The Kier molecular flexibility index (Phi) is 3.52. The molecule has 1 aromatic rings. The van der Waals surface area contributed by atoms with Gasteiger partial charge in [-0.15, -0.1) is 0 Å². The van der Waals surface area contributed by atoms with E-state index in [0.29, 0.717) is 17.1 Å². The molecule has 0 amide bonds. The van der Waals surface area contributed by atoms with Crippen LogP contribution in [0.5, 0.6) is 0 Å². The Morgan fingerprint density at radius 2 is 2.28 bits per heavy atom. The second kappa shape index (κ2) is 4.94. The van der Waals surface area contributed by atoms with Crippen molar-refractivity contribution in [3.63, 3.8) is 0 Å². The third-order valence-corrected chi connectivity index (χ3v) is 3.50.